The summed E-state index contributed by atoms with van der Waals surface area (Å²) in [7, 11) is 0. The molecule has 1 saturated carbocycles. The van der Waals surface area contributed by atoms with Crippen molar-refractivity contribution in [3.05, 3.63) is 34.9 Å². The van der Waals surface area contributed by atoms with Crippen LogP contribution in [-0.4, -0.2) is 34.7 Å². The van der Waals surface area contributed by atoms with Gasteiger partial charge in [-0.2, -0.15) is 0 Å². The summed E-state index contributed by atoms with van der Waals surface area (Å²) in [5.74, 6) is 0.0316. The van der Waals surface area contributed by atoms with Gasteiger partial charge in [0.25, 0.3) is 5.91 Å². The van der Waals surface area contributed by atoms with Crippen LogP contribution in [0.2, 0.25) is 0 Å². The molecule has 1 aromatic rings. The zero-order valence-corrected chi connectivity index (χ0v) is 16.5. The molecule has 6 nitrogen and oxygen atoms in total. The highest BCUT2D eigenvalue weighted by molar-refractivity contribution is 6.05. The van der Waals surface area contributed by atoms with Crippen LogP contribution in [0.25, 0.3) is 0 Å². The maximum atomic E-state index is 12.8. The van der Waals surface area contributed by atoms with E-state index in [0.29, 0.717) is 24.6 Å². The molecule has 1 unspecified atom stereocenters. The number of rotatable bonds is 5. The van der Waals surface area contributed by atoms with Crippen molar-refractivity contribution in [2.24, 2.45) is 5.92 Å². The Bertz CT molecular complexity index is 791. The molecule has 4 rings (SSSR count). The second kappa shape index (κ2) is 8.03. The van der Waals surface area contributed by atoms with Crippen LogP contribution >= 0.6 is 0 Å². The first-order valence-corrected chi connectivity index (χ1v) is 10.6. The van der Waals surface area contributed by atoms with Crippen molar-refractivity contribution >= 4 is 17.7 Å². The molecule has 2 aliphatic heterocycles. The number of carbonyl (C=O) groups excluding carboxylic acids is 3. The molecule has 150 valence electrons. The Morgan fingerprint density at radius 1 is 1.14 bits per heavy atom. The maximum absolute atomic E-state index is 12.8. The molecule has 1 saturated heterocycles. The molecule has 0 radical (unpaired) electrons. The van der Waals surface area contributed by atoms with Gasteiger partial charge in [0.05, 0.1) is 0 Å². The van der Waals surface area contributed by atoms with Crippen LogP contribution in [0.1, 0.15) is 73.4 Å². The number of nitrogens with one attached hydrogen (secondary N) is 2. The summed E-state index contributed by atoms with van der Waals surface area (Å²) in [6.45, 7) is 3.52. The molecular formula is C22H29N3O3. The number of carbonyl (C=O) groups is 3. The lowest BCUT2D eigenvalue weighted by atomic mass is 9.83. The third-order valence-electron chi connectivity index (χ3n) is 6.59. The lowest BCUT2D eigenvalue weighted by Crippen LogP contribution is -2.52. The van der Waals surface area contributed by atoms with Gasteiger partial charge in [0, 0.05) is 31.1 Å². The Morgan fingerprint density at radius 3 is 2.75 bits per heavy atom. The van der Waals surface area contributed by atoms with Crippen molar-refractivity contribution < 1.29 is 14.4 Å². The molecule has 3 aliphatic rings. The van der Waals surface area contributed by atoms with Gasteiger partial charge >= 0.3 is 0 Å². The summed E-state index contributed by atoms with van der Waals surface area (Å²) in [6, 6.07) is 6.02. The van der Waals surface area contributed by atoms with Gasteiger partial charge in [-0.05, 0) is 42.4 Å². The quantitative estimate of drug-likeness (QED) is 0.766. The molecule has 2 N–H and O–H groups in total. The van der Waals surface area contributed by atoms with Gasteiger partial charge in [-0.1, -0.05) is 38.3 Å². The van der Waals surface area contributed by atoms with E-state index in [1.807, 2.05) is 12.1 Å². The number of piperidine rings is 1. The summed E-state index contributed by atoms with van der Waals surface area (Å²) < 4.78 is 0. The summed E-state index contributed by atoms with van der Waals surface area (Å²) in [6.07, 6.45) is 7.10. The molecule has 1 aromatic carbocycles. The van der Waals surface area contributed by atoms with Gasteiger partial charge < -0.3 is 10.2 Å². The van der Waals surface area contributed by atoms with E-state index < -0.39 is 6.04 Å². The van der Waals surface area contributed by atoms with Crippen LogP contribution in [0, 0.1) is 5.92 Å². The van der Waals surface area contributed by atoms with Crippen molar-refractivity contribution in [3.63, 3.8) is 0 Å². The summed E-state index contributed by atoms with van der Waals surface area (Å²) >= 11 is 0. The molecule has 0 spiro atoms. The highest BCUT2D eigenvalue weighted by Gasteiger charge is 2.39. The van der Waals surface area contributed by atoms with E-state index in [9.17, 15) is 14.4 Å². The zero-order chi connectivity index (χ0) is 19.7. The van der Waals surface area contributed by atoms with E-state index in [2.05, 4.69) is 23.6 Å². The van der Waals surface area contributed by atoms with E-state index in [1.54, 1.807) is 4.90 Å². The van der Waals surface area contributed by atoms with Gasteiger partial charge in [-0.15, -0.1) is 0 Å². The minimum Gasteiger partial charge on any atom is -0.322 e. The molecule has 3 amide bonds. The number of imide groups is 1. The normalized spacial score (nSPS) is 27.7. The molecule has 2 fully saturated rings. The Labute approximate surface area is 166 Å². The maximum Gasteiger partial charge on any atom is 0.255 e. The van der Waals surface area contributed by atoms with E-state index in [4.69, 9.17) is 0 Å². The first-order valence-electron chi connectivity index (χ1n) is 10.6. The Morgan fingerprint density at radius 2 is 1.96 bits per heavy atom. The highest BCUT2D eigenvalue weighted by Crippen LogP contribution is 2.29. The second-order valence-electron chi connectivity index (χ2n) is 8.33. The third kappa shape index (κ3) is 3.70. The Hall–Kier alpha value is -2.21. The molecule has 0 bridgehead atoms. The van der Waals surface area contributed by atoms with Crippen LogP contribution in [0.5, 0.6) is 0 Å². The monoisotopic (exact) mass is 383 g/mol. The fourth-order valence-corrected chi connectivity index (χ4v) is 4.95. The number of amides is 3. The molecule has 0 aromatic heterocycles. The third-order valence-corrected chi connectivity index (χ3v) is 6.59. The largest absolute Gasteiger partial charge is 0.322 e. The van der Waals surface area contributed by atoms with Gasteiger partial charge in [0.1, 0.15) is 6.04 Å². The van der Waals surface area contributed by atoms with E-state index in [-0.39, 0.29) is 24.1 Å². The van der Waals surface area contributed by atoms with Gasteiger partial charge in [0.15, 0.2) is 0 Å². The topological polar surface area (TPSA) is 78.5 Å². The number of benzene rings is 1. The lowest BCUT2D eigenvalue weighted by molar-refractivity contribution is -0.136. The van der Waals surface area contributed by atoms with Crippen LogP contribution in [0.4, 0.5) is 0 Å². The molecule has 28 heavy (non-hydrogen) atoms. The number of hydrogen-bond acceptors (Lipinski definition) is 4. The van der Waals surface area contributed by atoms with Crippen LogP contribution < -0.4 is 10.6 Å². The number of nitrogens with zero attached hydrogens (tertiary/aromatic N) is 1. The van der Waals surface area contributed by atoms with Crippen molar-refractivity contribution in [2.75, 3.05) is 0 Å². The van der Waals surface area contributed by atoms with Crippen molar-refractivity contribution in [3.8, 4) is 0 Å². The number of hydrogen-bond donors (Lipinski definition) is 2. The van der Waals surface area contributed by atoms with Crippen molar-refractivity contribution in [1.29, 1.82) is 0 Å². The van der Waals surface area contributed by atoms with Gasteiger partial charge in [0.2, 0.25) is 11.8 Å². The van der Waals surface area contributed by atoms with Crippen LogP contribution in [0.3, 0.4) is 0 Å². The minimum atomic E-state index is -0.549. The first kappa shape index (κ1) is 19.1. The SMILES string of the molecule is CC[C@@H]1CCCC[C@H]1NCc1ccc2c(c1)CN(C1CCC(=O)NC1=O)C2=O. The predicted molar refractivity (Wildman–Crippen MR) is 105 cm³/mol. The van der Waals surface area contributed by atoms with E-state index in [0.717, 1.165) is 18.0 Å². The fourth-order valence-electron chi connectivity index (χ4n) is 4.95. The van der Waals surface area contributed by atoms with Gasteiger partial charge in [-0.3, -0.25) is 19.7 Å². The molecule has 2 heterocycles. The molecule has 1 aliphatic carbocycles. The average molecular weight is 383 g/mol. The van der Waals surface area contributed by atoms with Crippen LogP contribution in [-0.2, 0) is 22.7 Å². The molecular weight excluding hydrogens is 354 g/mol. The lowest BCUT2D eigenvalue weighted by Gasteiger charge is -2.31. The Balaban J connectivity index is 1.42. The van der Waals surface area contributed by atoms with E-state index >= 15 is 0 Å². The predicted octanol–water partition coefficient (Wildman–Crippen LogP) is 2.51. The van der Waals surface area contributed by atoms with E-state index in [1.165, 1.54) is 37.7 Å². The average Bonchev–Trinajstić information content (AvgIpc) is 3.02. The fraction of sp³-hybridized carbons (Fsp3) is 0.591. The Kier molecular flexibility index (Phi) is 5.49. The zero-order valence-electron chi connectivity index (χ0n) is 16.5. The minimum absolute atomic E-state index is 0.109. The molecule has 6 heteroatoms. The summed E-state index contributed by atoms with van der Waals surface area (Å²) in [4.78, 5) is 37.9. The first-order chi connectivity index (χ1) is 13.6. The summed E-state index contributed by atoms with van der Waals surface area (Å²) in [5, 5.41) is 6.08. The van der Waals surface area contributed by atoms with Crippen molar-refractivity contribution in [1.82, 2.24) is 15.5 Å². The summed E-state index contributed by atoms with van der Waals surface area (Å²) in [5.41, 5.74) is 2.83. The standard InChI is InChI=1S/C22H29N3O3/c1-2-15-5-3-4-6-18(15)23-12-14-7-8-17-16(11-14)13-25(22(17)28)19-9-10-20(26)24-21(19)27/h7-8,11,15,18-19,23H,2-6,9-10,12-13H2,1H3,(H,24,26,27)/t15-,18-,19?/m1/s1. The van der Waals surface area contributed by atoms with Crippen molar-refractivity contribution in [2.45, 2.75) is 77.0 Å². The molecule has 3 atom stereocenters. The van der Waals surface area contributed by atoms with Gasteiger partial charge in [-0.25, -0.2) is 0 Å². The smallest absolute Gasteiger partial charge is 0.255 e. The van der Waals surface area contributed by atoms with Crippen LogP contribution in [0.15, 0.2) is 18.2 Å². The number of fused-ring (bicyclic) bond motifs is 1. The highest BCUT2D eigenvalue weighted by atomic mass is 16.2. The second-order valence-corrected chi connectivity index (χ2v) is 8.33.